The van der Waals surface area contributed by atoms with Crippen LogP contribution in [-0.2, 0) is 9.59 Å². The Morgan fingerprint density at radius 3 is 2.46 bits per heavy atom. The second-order valence-corrected chi connectivity index (χ2v) is 6.26. The third kappa shape index (κ3) is 5.51. The zero-order valence-corrected chi connectivity index (χ0v) is 15.8. The monoisotopic (exact) mass is 392 g/mol. The molecule has 0 saturated heterocycles. The lowest BCUT2D eigenvalue weighted by Crippen LogP contribution is -2.34. The molecule has 0 heterocycles. The molecule has 0 aliphatic heterocycles. The summed E-state index contributed by atoms with van der Waals surface area (Å²) < 4.78 is 5.13. The molecule has 0 bridgehead atoms. The molecule has 0 fully saturated rings. The van der Waals surface area contributed by atoms with E-state index >= 15 is 0 Å². The van der Waals surface area contributed by atoms with Gasteiger partial charge in [0.2, 0.25) is 11.8 Å². The van der Waals surface area contributed by atoms with Gasteiger partial charge in [-0.25, -0.2) is 0 Å². The summed E-state index contributed by atoms with van der Waals surface area (Å²) in [6.07, 6.45) is 3.05. The molecule has 0 aliphatic rings. The van der Waals surface area contributed by atoms with E-state index in [1.807, 2.05) is 18.2 Å². The van der Waals surface area contributed by atoms with E-state index in [2.05, 4.69) is 5.32 Å². The molecule has 26 heavy (non-hydrogen) atoms. The number of para-hydroxylation sites is 1. The molecule has 7 heteroatoms. The van der Waals surface area contributed by atoms with Crippen molar-refractivity contribution in [3.8, 4) is 5.75 Å². The first-order valence-corrected chi connectivity index (χ1v) is 8.47. The highest BCUT2D eigenvalue weighted by molar-refractivity contribution is 6.39. The molecule has 0 aliphatic carbocycles. The molecule has 0 atom stereocenters. The average Bonchev–Trinajstić information content (AvgIpc) is 2.63. The average molecular weight is 393 g/mol. The van der Waals surface area contributed by atoms with Crippen LogP contribution in [0.3, 0.4) is 0 Å². The third-order valence-corrected chi connectivity index (χ3v) is 4.13. The molecule has 2 aromatic rings. The van der Waals surface area contributed by atoms with E-state index in [1.165, 1.54) is 18.0 Å². The molecule has 0 radical (unpaired) electrons. The zero-order chi connectivity index (χ0) is 19.1. The number of amides is 2. The van der Waals surface area contributed by atoms with Gasteiger partial charge in [-0.3, -0.25) is 9.59 Å². The van der Waals surface area contributed by atoms with Gasteiger partial charge in [0.15, 0.2) is 0 Å². The summed E-state index contributed by atoms with van der Waals surface area (Å²) in [7, 11) is 3.11. The highest BCUT2D eigenvalue weighted by Gasteiger charge is 2.13. The molecular weight excluding hydrogens is 375 g/mol. The van der Waals surface area contributed by atoms with Crippen LogP contribution in [-0.4, -0.2) is 37.4 Å². The Morgan fingerprint density at radius 2 is 1.81 bits per heavy atom. The van der Waals surface area contributed by atoms with E-state index in [-0.39, 0.29) is 12.5 Å². The maximum Gasteiger partial charge on any atom is 0.246 e. The SMILES string of the molecule is COc1cccc(/C=C/C(=O)N(C)CC(=O)Nc2c(Cl)cccc2Cl)c1. The van der Waals surface area contributed by atoms with Gasteiger partial charge in [-0.1, -0.05) is 41.4 Å². The molecule has 2 rings (SSSR count). The lowest BCUT2D eigenvalue weighted by molar-refractivity contribution is -0.129. The number of nitrogens with zero attached hydrogens (tertiary/aromatic N) is 1. The molecule has 0 aromatic heterocycles. The minimum atomic E-state index is -0.398. The molecule has 2 amide bonds. The number of ether oxygens (including phenoxy) is 1. The number of halogens is 2. The standard InChI is InChI=1S/C19H18Cl2N2O3/c1-23(12-17(24)22-19-15(20)7-4-8-16(19)21)18(25)10-9-13-5-3-6-14(11-13)26-2/h3-11H,12H2,1-2H3,(H,22,24)/b10-9+. The number of hydrogen-bond donors (Lipinski definition) is 1. The smallest absolute Gasteiger partial charge is 0.246 e. The number of rotatable bonds is 6. The summed E-state index contributed by atoms with van der Waals surface area (Å²) in [6, 6.07) is 12.2. The summed E-state index contributed by atoms with van der Waals surface area (Å²) in [4.78, 5) is 25.6. The van der Waals surface area contributed by atoms with E-state index in [4.69, 9.17) is 27.9 Å². The van der Waals surface area contributed by atoms with Crippen molar-refractivity contribution in [1.82, 2.24) is 4.90 Å². The Kier molecular flexibility index (Phi) is 7.06. The van der Waals surface area contributed by atoms with Gasteiger partial charge in [-0.05, 0) is 35.9 Å². The largest absolute Gasteiger partial charge is 0.497 e. The highest BCUT2D eigenvalue weighted by atomic mass is 35.5. The zero-order valence-electron chi connectivity index (χ0n) is 14.3. The van der Waals surface area contributed by atoms with Gasteiger partial charge in [0.05, 0.1) is 29.4 Å². The van der Waals surface area contributed by atoms with Crippen LogP contribution in [0.1, 0.15) is 5.56 Å². The minimum Gasteiger partial charge on any atom is -0.497 e. The number of likely N-dealkylation sites (N-methyl/N-ethyl adjacent to an activating group) is 1. The summed E-state index contributed by atoms with van der Waals surface area (Å²) in [5.74, 6) is -0.0113. The lowest BCUT2D eigenvalue weighted by Gasteiger charge is -2.16. The van der Waals surface area contributed by atoms with E-state index in [0.717, 1.165) is 5.56 Å². The highest BCUT2D eigenvalue weighted by Crippen LogP contribution is 2.29. The predicted octanol–water partition coefficient (Wildman–Crippen LogP) is 4.11. The van der Waals surface area contributed by atoms with Crippen LogP contribution in [0.4, 0.5) is 5.69 Å². The topological polar surface area (TPSA) is 58.6 Å². The molecule has 0 saturated carbocycles. The van der Waals surface area contributed by atoms with Crippen LogP contribution < -0.4 is 10.1 Å². The molecule has 1 N–H and O–H groups in total. The quantitative estimate of drug-likeness (QED) is 0.752. The number of methoxy groups -OCH3 is 1. The first-order chi connectivity index (χ1) is 12.4. The normalized spacial score (nSPS) is 10.6. The van der Waals surface area contributed by atoms with Gasteiger partial charge in [-0.2, -0.15) is 0 Å². The summed E-state index contributed by atoms with van der Waals surface area (Å²) in [6.45, 7) is -0.136. The van der Waals surface area contributed by atoms with Crippen LogP contribution in [0, 0.1) is 0 Å². The molecule has 5 nitrogen and oxygen atoms in total. The van der Waals surface area contributed by atoms with Crippen LogP contribution in [0.5, 0.6) is 5.75 Å². The maximum atomic E-state index is 12.2. The summed E-state index contributed by atoms with van der Waals surface area (Å²) in [5, 5.41) is 3.28. The molecular formula is C19H18Cl2N2O3. The minimum absolute atomic E-state index is 0.136. The van der Waals surface area contributed by atoms with E-state index in [9.17, 15) is 9.59 Å². The Hall–Kier alpha value is -2.50. The number of benzene rings is 2. The van der Waals surface area contributed by atoms with Crippen molar-refractivity contribution in [2.75, 3.05) is 26.0 Å². The van der Waals surface area contributed by atoms with Crippen molar-refractivity contribution >= 4 is 46.8 Å². The van der Waals surface area contributed by atoms with E-state index < -0.39 is 5.91 Å². The van der Waals surface area contributed by atoms with Crippen molar-refractivity contribution in [2.45, 2.75) is 0 Å². The Labute approximate surface area is 162 Å². The van der Waals surface area contributed by atoms with Crippen molar-refractivity contribution in [1.29, 1.82) is 0 Å². The fourth-order valence-corrected chi connectivity index (χ4v) is 2.62. The number of carbonyl (C=O) groups excluding carboxylic acids is 2. The number of carbonyl (C=O) groups is 2. The predicted molar refractivity (Wildman–Crippen MR) is 105 cm³/mol. The second-order valence-electron chi connectivity index (χ2n) is 5.45. The third-order valence-electron chi connectivity index (χ3n) is 3.50. The molecule has 0 spiro atoms. The fourth-order valence-electron chi connectivity index (χ4n) is 2.13. The number of nitrogens with one attached hydrogen (secondary N) is 1. The van der Waals surface area contributed by atoms with Crippen LogP contribution in [0.15, 0.2) is 48.5 Å². The Morgan fingerprint density at radius 1 is 1.15 bits per heavy atom. The fraction of sp³-hybridized carbons (Fsp3) is 0.158. The van der Waals surface area contributed by atoms with Gasteiger partial charge < -0.3 is 15.0 Å². The van der Waals surface area contributed by atoms with Gasteiger partial charge in [0.1, 0.15) is 5.75 Å². The first kappa shape index (κ1) is 19.8. The lowest BCUT2D eigenvalue weighted by atomic mass is 10.2. The van der Waals surface area contributed by atoms with Crippen LogP contribution in [0.2, 0.25) is 10.0 Å². The van der Waals surface area contributed by atoms with Gasteiger partial charge in [-0.15, -0.1) is 0 Å². The first-order valence-electron chi connectivity index (χ1n) is 7.72. The number of anilines is 1. The van der Waals surface area contributed by atoms with Crippen LogP contribution in [0.25, 0.3) is 6.08 Å². The van der Waals surface area contributed by atoms with Crippen LogP contribution >= 0.6 is 23.2 Å². The van der Waals surface area contributed by atoms with Gasteiger partial charge in [0.25, 0.3) is 0 Å². The van der Waals surface area contributed by atoms with Crippen molar-refractivity contribution in [3.63, 3.8) is 0 Å². The Balaban J connectivity index is 1.95. The van der Waals surface area contributed by atoms with Crippen molar-refractivity contribution in [2.24, 2.45) is 0 Å². The van der Waals surface area contributed by atoms with E-state index in [0.29, 0.717) is 21.5 Å². The summed E-state index contributed by atoms with van der Waals surface area (Å²) >= 11 is 12.0. The number of hydrogen-bond acceptors (Lipinski definition) is 3. The molecule has 2 aromatic carbocycles. The van der Waals surface area contributed by atoms with Crippen molar-refractivity contribution < 1.29 is 14.3 Å². The van der Waals surface area contributed by atoms with Gasteiger partial charge >= 0.3 is 0 Å². The van der Waals surface area contributed by atoms with Crippen molar-refractivity contribution in [3.05, 3.63) is 64.1 Å². The Bertz CT molecular complexity index is 817. The van der Waals surface area contributed by atoms with Gasteiger partial charge in [0, 0.05) is 13.1 Å². The van der Waals surface area contributed by atoms with E-state index in [1.54, 1.807) is 37.5 Å². The molecule has 0 unspecified atom stereocenters. The molecule has 136 valence electrons. The summed E-state index contributed by atoms with van der Waals surface area (Å²) in [5.41, 5.74) is 1.15. The maximum absolute atomic E-state index is 12.2. The second kappa shape index (κ2) is 9.27.